The standard InChI is InChI=1S/C23H16F2N6.C22H18F2N4O2.C21H17BrF2N4.C18H16F2N2O2/c1-22(2)13-6-7-23(22,19-11-28-17(9-26)18(10-27)29-19)21-12(13)8-16(30-31-21)20-14(24)4-3-5-15(20)25;1-21(2)12-6-7-22(21,17-10-25-9-16(26-17)20(29)30)19-11(12)8-15(27-28-19)18-13(23)4-3-5-14(18)24;1-20(2)12-6-7-21(20,16-9-25-10-17(22)26-16)19-11(12)8-15(27-28-19)18-13(23)4-3-5-14(18)24;1-17(2)10-6-7-18(17,16(23)24)15-9(10)8-13(21-22-15)14-11(19)4-3-5-12(14)20/h3-5,8,11,13H,6-7H2,1-2H3;3-5,8-10,12H,6-7H2,1-2H3,(H,29,30);3-5,8-10,12H,6-7H2,1-2H3;3-5,8,10H,6-7H2,1-2H3,(H,23,24)/t13-,23-;12-,22-;12-,21-;10-,18+/m0000/s1. The van der Waals surface area contributed by atoms with Crippen molar-refractivity contribution in [3.8, 4) is 57.2 Å². The fourth-order valence-electron chi connectivity index (χ4n) is 20.9. The van der Waals surface area contributed by atoms with Crippen LogP contribution in [-0.2, 0) is 26.5 Å². The van der Waals surface area contributed by atoms with E-state index in [0.717, 1.165) is 78.6 Å². The molecule has 20 nitrogen and oxygen atoms in total. The van der Waals surface area contributed by atoms with Gasteiger partial charge >= 0.3 is 11.9 Å². The number of aromatic carboxylic acids is 1. The summed E-state index contributed by atoms with van der Waals surface area (Å²) in [7, 11) is 0. The van der Waals surface area contributed by atoms with Crippen molar-refractivity contribution in [2.45, 2.75) is 152 Å². The minimum Gasteiger partial charge on any atom is -0.481 e. The van der Waals surface area contributed by atoms with Gasteiger partial charge in [0.1, 0.15) is 68.7 Å². The highest BCUT2D eigenvalue weighted by atomic mass is 79.9. The number of halogens is 9. The number of nitrogens with zero attached hydrogens (tertiary/aromatic N) is 16. The molecule has 0 unspecified atom stereocenters. The van der Waals surface area contributed by atoms with Crippen molar-refractivity contribution >= 4 is 27.9 Å². The van der Waals surface area contributed by atoms with Gasteiger partial charge in [-0.05, 0) is 208 Å². The minimum atomic E-state index is -1.15. The Morgan fingerprint density at radius 2 is 0.726 bits per heavy atom. The van der Waals surface area contributed by atoms with Gasteiger partial charge in [0.25, 0.3) is 0 Å². The van der Waals surface area contributed by atoms with E-state index in [-0.39, 0.29) is 102 Å². The molecule has 2 N–H and O–H groups in total. The van der Waals surface area contributed by atoms with Gasteiger partial charge in [-0.1, -0.05) is 79.7 Å². The molecule has 7 aromatic heterocycles. The van der Waals surface area contributed by atoms with Gasteiger partial charge in [0, 0.05) is 12.4 Å². The molecule has 4 saturated carbocycles. The highest BCUT2D eigenvalue weighted by Crippen LogP contribution is 2.73. The zero-order valence-electron chi connectivity index (χ0n) is 61.9. The quantitative estimate of drug-likeness (QED) is 0.127. The molecule has 8 aliphatic rings. The van der Waals surface area contributed by atoms with E-state index in [1.54, 1.807) is 36.8 Å². The smallest absolute Gasteiger partial charge is 0.356 e. The second kappa shape index (κ2) is 26.7. The van der Waals surface area contributed by atoms with Gasteiger partial charge in [0.15, 0.2) is 17.1 Å². The number of hydrogen-bond acceptors (Lipinski definition) is 18. The molecule has 19 rings (SSSR count). The maximum absolute atomic E-state index is 14.3. The summed E-state index contributed by atoms with van der Waals surface area (Å²) in [5, 5.41) is 71.9. The zero-order valence-corrected chi connectivity index (χ0v) is 63.4. The second-order valence-electron chi connectivity index (χ2n) is 32.2. The molecule has 4 fully saturated rings. The lowest BCUT2D eigenvalue weighted by Gasteiger charge is -2.37. The third-order valence-electron chi connectivity index (χ3n) is 26.5. The van der Waals surface area contributed by atoms with E-state index in [2.05, 4.69) is 123 Å². The summed E-state index contributed by atoms with van der Waals surface area (Å²) in [5.74, 6) is -7.15. The molecular formula is C84H67BrF8N16O4. The summed E-state index contributed by atoms with van der Waals surface area (Å²) < 4.78 is 115. The summed E-state index contributed by atoms with van der Waals surface area (Å²) in [6.07, 6.45) is 14.0. The molecule has 8 bridgehead atoms. The molecular weight excluding hydrogens is 1530 g/mol. The van der Waals surface area contributed by atoms with Crippen LogP contribution in [0.5, 0.6) is 0 Å². The Morgan fingerprint density at radius 3 is 1.07 bits per heavy atom. The zero-order chi connectivity index (χ0) is 80.2. The molecule has 570 valence electrons. The Labute approximate surface area is 649 Å². The SMILES string of the molecule is CC1(C)[C@H]2CC[C@]1(C(=O)O)c1nnc(-c3c(F)cccc3F)cc12.CC1(C)[C@H]2CC[C@]1(c1cnc(C#N)c(C#N)n1)c1nnc(-c3c(F)cccc3F)cc12.CC1(C)[C@H]2CC[C@]1(c1cncc(Br)n1)c1nnc(-c3c(F)cccc3F)cc12.CC1(C)[C@H]2CC[C@]1(c1cncc(C(=O)O)n1)c1nnc(-c3c(F)cccc3F)cc12. The number of aliphatic carboxylic acids is 1. The molecule has 29 heteroatoms. The van der Waals surface area contributed by atoms with Crippen LogP contribution in [0.1, 0.15) is 214 Å². The predicted molar refractivity (Wildman–Crippen MR) is 394 cm³/mol. The number of carbonyl (C=O) groups is 2. The van der Waals surface area contributed by atoms with Crippen molar-refractivity contribution in [1.82, 2.24) is 70.7 Å². The number of nitriles is 2. The maximum Gasteiger partial charge on any atom is 0.356 e. The van der Waals surface area contributed by atoms with Crippen LogP contribution in [0, 0.1) is 90.9 Å². The lowest BCUT2D eigenvalue weighted by atomic mass is 9.66. The van der Waals surface area contributed by atoms with Crippen LogP contribution in [0.3, 0.4) is 0 Å². The summed E-state index contributed by atoms with van der Waals surface area (Å²) in [4.78, 5) is 49.6. The molecule has 0 saturated heterocycles. The number of fused-ring (bicyclic) bond motifs is 20. The number of aromatic nitrogens is 14. The van der Waals surface area contributed by atoms with Crippen LogP contribution in [0.4, 0.5) is 35.1 Å². The lowest BCUT2D eigenvalue weighted by molar-refractivity contribution is -0.147. The number of carboxylic acid groups (broad SMARTS) is 2. The van der Waals surface area contributed by atoms with Gasteiger partial charge in [-0.2, -0.15) is 30.9 Å². The van der Waals surface area contributed by atoms with Crippen LogP contribution < -0.4 is 0 Å². The summed E-state index contributed by atoms with van der Waals surface area (Å²) >= 11 is 3.42. The molecule has 11 aromatic rings. The van der Waals surface area contributed by atoms with Gasteiger partial charge in [0.2, 0.25) is 0 Å². The maximum atomic E-state index is 14.3. The molecule has 0 aliphatic heterocycles. The van der Waals surface area contributed by atoms with Crippen LogP contribution in [-0.4, -0.2) is 92.8 Å². The summed E-state index contributed by atoms with van der Waals surface area (Å²) in [5.41, 5.74) is 3.66. The molecule has 8 atom stereocenters. The van der Waals surface area contributed by atoms with Crippen molar-refractivity contribution in [2.24, 2.45) is 21.7 Å². The fraction of sp³-hybridized carbons (Fsp3) is 0.333. The number of hydrogen-bond donors (Lipinski definition) is 2. The molecule has 113 heavy (non-hydrogen) atoms. The molecule has 0 amide bonds. The van der Waals surface area contributed by atoms with Crippen LogP contribution in [0.15, 0.2) is 133 Å². The first-order chi connectivity index (χ1) is 53.8. The average molecular weight is 1600 g/mol. The van der Waals surface area contributed by atoms with Crippen molar-refractivity contribution in [3.05, 3.63) is 258 Å². The van der Waals surface area contributed by atoms with E-state index < -0.39 is 85.6 Å². The van der Waals surface area contributed by atoms with Crippen molar-refractivity contribution in [3.63, 3.8) is 0 Å². The van der Waals surface area contributed by atoms with Gasteiger partial charge in [-0.3, -0.25) is 14.8 Å². The van der Waals surface area contributed by atoms with Crippen LogP contribution >= 0.6 is 15.9 Å². The van der Waals surface area contributed by atoms with Crippen molar-refractivity contribution in [2.75, 3.05) is 0 Å². The Kier molecular flexibility index (Phi) is 17.8. The van der Waals surface area contributed by atoms with E-state index in [1.807, 2.05) is 32.1 Å². The first-order valence-corrected chi connectivity index (χ1v) is 37.3. The highest BCUT2D eigenvalue weighted by Gasteiger charge is 2.70. The van der Waals surface area contributed by atoms with Gasteiger partial charge in [-0.25, -0.2) is 59.9 Å². The van der Waals surface area contributed by atoms with E-state index in [4.69, 9.17) is 4.98 Å². The second-order valence-corrected chi connectivity index (χ2v) is 33.0. The third-order valence-corrected chi connectivity index (χ3v) is 26.9. The number of benzene rings is 4. The predicted octanol–water partition coefficient (Wildman–Crippen LogP) is 17.1. The topological polar surface area (TPSA) is 303 Å². The molecule has 7 heterocycles. The lowest BCUT2D eigenvalue weighted by Crippen LogP contribution is -2.43. The van der Waals surface area contributed by atoms with Crippen molar-refractivity contribution < 1.29 is 54.9 Å². The Morgan fingerprint density at radius 1 is 0.407 bits per heavy atom. The normalized spacial score (nSPS) is 24.1. The molecule has 4 aromatic carbocycles. The minimum absolute atomic E-state index is 0.00677. The average Bonchev–Trinajstić information content (AvgIpc) is 1.53. The first kappa shape index (κ1) is 75.3. The van der Waals surface area contributed by atoms with Gasteiger partial charge in [-0.15, -0.1) is 20.4 Å². The number of carboxylic acids is 2. The Hall–Kier alpha value is -11.7. The molecule has 0 spiro atoms. The molecule has 8 aliphatic carbocycles. The Bertz CT molecular complexity index is 5900. The van der Waals surface area contributed by atoms with E-state index in [1.165, 1.54) is 85.2 Å². The Balaban J connectivity index is 0.000000114. The largest absolute Gasteiger partial charge is 0.481 e. The van der Waals surface area contributed by atoms with Crippen molar-refractivity contribution in [1.29, 1.82) is 10.5 Å². The van der Waals surface area contributed by atoms with E-state index in [9.17, 15) is 65.4 Å². The van der Waals surface area contributed by atoms with Crippen LogP contribution in [0.2, 0.25) is 0 Å². The summed E-state index contributed by atoms with van der Waals surface area (Å²) in [6, 6.07) is 25.5. The summed E-state index contributed by atoms with van der Waals surface area (Å²) in [6.45, 7) is 16.6. The molecule has 0 radical (unpaired) electrons. The van der Waals surface area contributed by atoms with Gasteiger partial charge < -0.3 is 10.2 Å². The monoisotopic (exact) mass is 1590 g/mol. The third kappa shape index (κ3) is 10.7. The highest BCUT2D eigenvalue weighted by molar-refractivity contribution is 9.10. The number of rotatable bonds is 9. The van der Waals surface area contributed by atoms with E-state index in [0.29, 0.717) is 39.5 Å². The van der Waals surface area contributed by atoms with Crippen LogP contribution in [0.25, 0.3) is 45.0 Å². The first-order valence-electron chi connectivity index (χ1n) is 36.5. The van der Waals surface area contributed by atoms with Gasteiger partial charge in [0.05, 0.1) is 120 Å². The van der Waals surface area contributed by atoms with E-state index >= 15 is 0 Å². The fourth-order valence-corrected chi connectivity index (χ4v) is 21.2.